The molecule has 0 N–H and O–H groups in total. The molecule has 19 heavy (non-hydrogen) atoms. The van der Waals surface area contributed by atoms with E-state index in [1.807, 2.05) is 6.07 Å². The van der Waals surface area contributed by atoms with Crippen LogP contribution in [0.2, 0.25) is 0 Å². The van der Waals surface area contributed by atoms with E-state index in [0.717, 1.165) is 25.0 Å². The number of nitrogens with zero attached hydrogens (tertiary/aromatic N) is 1. The average Bonchev–Trinajstić information content (AvgIpc) is 2.91. The molecule has 106 valence electrons. The van der Waals surface area contributed by atoms with Crippen LogP contribution in [0.25, 0.3) is 0 Å². The van der Waals surface area contributed by atoms with Gasteiger partial charge in [-0.05, 0) is 30.5 Å². The number of halogens is 1. The lowest BCUT2D eigenvalue weighted by Gasteiger charge is -2.20. The summed E-state index contributed by atoms with van der Waals surface area (Å²) < 4.78 is 31.7. The van der Waals surface area contributed by atoms with Crippen molar-refractivity contribution in [3.05, 3.63) is 29.8 Å². The summed E-state index contributed by atoms with van der Waals surface area (Å²) >= 11 is 5.74. The fourth-order valence-electron chi connectivity index (χ4n) is 2.14. The summed E-state index contributed by atoms with van der Waals surface area (Å²) in [7, 11) is -1.88. The maximum Gasteiger partial charge on any atom is 0.242 e. The molecule has 1 atom stereocenters. The molecule has 0 aromatic heterocycles. The molecule has 0 amide bonds. The molecule has 1 saturated heterocycles. The van der Waals surface area contributed by atoms with Gasteiger partial charge in [0, 0.05) is 26.1 Å². The van der Waals surface area contributed by atoms with Gasteiger partial charge in [0.2, 0.25) is 10.0 Å². The summed E-state index contributed by atoms with van der Waals surface area (Å²) in [5, 5.41) is 0. The van der Waals surface area contributed by atoms with Crippen LogP contribution < -0.4 is 0 Å². The Morgan fingerprint density at radius 3 is 2.89 bits per heavy atom. The first-order valence-corrected chi connectivity index (χ1v) is 8.24. The first-order chi connectivity index (χ1) is 9.04. The van der Waals surface area contributed by atoms with E-state index in [2.05, 4.69) is 0 Å². The van der Waals surface area contributed by atoms with Crippen molar-refractivity contribution < 1.29 is 13.2 Å². The third-order valence-corrected chi connectivity index (χ3v) is 5.37. The van der Waals surface area contributed by atoms with E-state index < -0.39 is 10.0 Å². The van der Waals surface area contributed by atoms with Gasteiger partial charge in [-0.2, -0.15) is 4.31 Å². The quantitative estimate of drug-likeness (QED) is 0.784. The Hall–Kier alpha value is -0.620. The van der Waals surface area contributed by atoms with E-state index in [4.69, 9.17) is 16.3 Å². The first-order valence-electron chi connectivity index (χ1n) is 6.27. The molecule has 1 unspecified atom stereocenters. The van der Waals surface area contributed by atoms with Crippen LogP contribution in [0.1, 0.15) is 18.4 Å². The number of ether oxygens (including phenoxy) is 1. The Morgan fingerprint density at radius 2 is 2.26 bits per heavy atom. The van der Waals surface area contributed by atoms with Gasteiger partial charge in [-0.25, -0.2) is 8.42 Å². The van der Waals surface area contributed by atoms with Crippen LogP contribution in [-0.2, 0) is 20.6 Å². The SMILES string of the molecule is CN(CC1CCCO1)S(=O)(=O)c1cccc(CCl)c1. The normalized spacial score (nSPS) is 20.1. The Kier molecular flexibility index (Phi) is 4.84. The summed E-state index contributed by atoms with van der Waals surface area (Å²) in [5.74, 6) is 0.304. The van der Waals surface area contributed by atoms with Gasteiger partial charge < -0.3 is 4.74 Å². The number of rotatable bonds is 5. The molecule has 1 aromatic rings. The summed E-state index contributed by atoms with van der Waals surface area (Å²) in [6.07, 6.45) is 1.93. The Morgan fingerprint density at radius 1 is 1.47 bits per heavy atom. The minimum Gasteiger partial charge on any atom is -0.377 e. The van der Waals surface area contributed by atoms with Crippen molar-refractivity contribution in [1.29, 1.82) is 0 Å². The summed E-state index contributed by atoms with van der Waals surface area (Å²) in [6, 6.07) is 6.74. The highest BCUT2D eigenvalue weighted by Gasteiger charge is 2.26. The molecule has 1 aromatic carbocycles. The zero-order valence-electron chi connectivity index (χ0n) is 10.9. The lowest BCUT2D eigenvalue weighted by atomic mass is 10.2. The fourth-order valence-corrected chi connectivity index (χ4v) is 3.58. The number of benzene rings is 1. The fraction of sp³-hybridized carbons (Fsp3) is 0.538. The molecule has 0 bridgehead atoms. The molecule has 0 saturated carbocycles. The molecule has 0 aliphatic carbocycles. The van der Waals surface area contributed by atoms with E-state index in [0.29, 0.717) is 12.4 Å². The largest absolute Gasteiger partial charge is 0.377 e. The second-order valence-corrected chi connectivity index (χ2v) is 7.01. The number of alkyl halides is 1. The third-order valence-electron chi connectivity index (χ3n) is 3.25. The van der Waals surface area contributed by atoms with Crippen LogP contribution in [-0.4, -0.2) is 39.0 Å². The molecule has 1 aliphatic heterocycles. The molecular weight excluding hydrogens is 286 g/mol. The molecule has 1 aliphatic rings. The number of sulfonamides is 1. The van der Waals surface area contributed by atoms with Crippen LogP contribution in [0.3, 0.4) is 0 Å². The van der Waals surface area contributed by atoms with Crippen molar-refractivity contribution in [2.45, 2.75) is 29.7 Å². The van der Waals surface area contributed by atoms with Gasteiger partial charge in [-0.15, -0.1) is 11.6 Å². The van der Waals surface area contributed by atoms with E-state index in [9.17, 15) is 8.42 Å². The van der Waals surface area contributed by atoms with E-state index in [1.165, 1.54) is 4.31 Å². The standard InChI is InChI=1S/C13H18ClNO3S/c1-15(10-12-5-3-7-18-12)19(16,17)13-6-2-4-11(8-13)9-14/h2,4,6,8,12H,3,5,7,9-10H2,1H3. The van der Waals surface area contributed by atoms with E-state index in [-0.39, 0.29) is 11.0 Å². The second-order valence-electron chi connectivity index (χ2n) is 4.70. The summed E-state index contributed by atoms with van der Waals surface area (Å²) in [6.45, 7) is 1.12. The van der Waals surface area contributed by atoms with Crippen molar-refractivity contribution >= 4 is 21.6 Å². The van der Waals surface area contributed by atoms with E-state index in [1.54, 1.807) is 25.2 Å². The predicted octanol–water partition coefficient (Wildman–Crippen LogP) is 2.22. The Balaban J connectivity index is 2.15. The number of likely N-dealkylation sites (N-methyl/N-ethyl adjacent to an activating group) is 1. The van der Waals surface area contributed by atoms with Crippen molar-refractivity contribution in [3.8, 4) is 0 Å². The van der Waals surface area contributed by atoms with Gasteiger partial charge in [-0.1, -0.05) is 12.1 Å². The minimum atomic E-state index is -3.46. The number of hydrogen-bond donors (Lipinski definition) is 0. The topological polar surface area (TPSA) is 46.6 Å². The van der Waals surface area contributed by atoms with Gasteiger partial charge in [0.25, 0.3) is 0 Å². The van der Waals surface area contributed by atoms with Crippen molar-refractivity contribution in [2.75, 3.05) is 20.2 Å². The lowest BCUT2D eigenvalue weighted by Crippen LogP contribution is -2.34. The number of hydrogen-bond acceptors (Lipinski definition) is 3. The van der Waals surface area contributed by atoms with Gasteiger partial charge in [0.15, 0.2) is 0 Å². The highest BCUT2D eigenvalue weighted by atomic mass is 35.5. The zero-order valence-corrected chi connectivity index (χ0v) is 12.5. The van der Waals surface area contributed by atoms with Crippen molar-refractivity contribution in [3.63, 3.8) is 0 Å². The Bertz CT molecular complexity index is 526. The molecular formula is C13H18ClNO3S. The highest BCUT2D eigenvalue weighted by Crippen LogP contribution is 2.20. The molecule has 0 spiro atoms. The van der Waals surface area contributed by atoms with Gasteiger partial charge in [0.05, 0.1) is 11.0 Å². The molecule has 6 heteroatoms. The van der Waals surface area contributed by atoms with E-state index >= 15 is 0 Å². The average molecular weight is 304 g/mol. The highest BCUT2D eigenvalue weighted by molar-refractivity contribution is 7.89. The molecule has 1 heterocycles. The van der Waals surface area contributed by atoms with Crippen LogP contribution in [0.5, 0.6) is 0 Å². The van der Waals surface area contributed by atoms with Crippen LogP contribution in [0.4, 0.5) is 0 Å². The van der Waals surface area contributed by atoms with Gasteiger partial charge in [0.1, 0.15) is 0 Å². The smallest absolute Gasteiger partial charge is 0.242 e. The minimum absolute atomic E-state index is 0.0102. The monoisotopic (exact) mass is 303 g/mol. The van der Waals surface area contributed by atoms with Crippen LogP contribution in [0.15, 0.2) is 29.2 Å². The van der Waals surface area contributed by atoms with Gasteiger partial charge in [-0.3, -0.25) is 0 Å². The van der Waals surface area contributed by atoms with Crippen LogP contribution >= 0.6 is 11.6 Å². The predicted molar refractivity (Wildman–Crippen MR) is 74.8 cm³/mol. The molecule has 2 rings (SSSR count). The lowest BCUT2D eigenvalue weighted by molar-refractivity contribution is 0.0979. The first kappa shape index (κ1) is 14.8. The third kappa shape index (κ3) is 3.48. The van der Waals surface area contributed by atoms with Crippen molar-refractivity contribution in [1.82, 2.24) is 4.31 Å². The maximum atomic E-state index is 12.4. The Labute approximate surface area is 119 Å². The maximum absolute atomic E-state index is 12.4. The summed E-state index contributed by atoms with van der Waals surface area (Å²) in [4.78, 5) is 0.283. The van der Waals surface area contributed by atoms with Gasteiger partial charge >= 0.3 is 0 Å². The van der Waals surface area contributed by atoms with Crippen molar-refractivity contribution in [2.24, 2.45) is 0 Å². The molecule has 0 radical (unpaired) electrons. The second kappa shape index (κ2) is 6.22. The molecule has 4 nitrogen and oxygen atoms in total. The van der Waals surface area contributed by atoms with Crippen LogP contribution in [0, 0.1) is 0 Å². The zero-order chi connectivity index (χ0) is 13.9. The summed E-state index contributed by atoms with van der Waals surface area (Å²) in [5.41, 5.74) is 0.799. The molecule has 1 fully saturated rings.